The summed E-state index contributed by atoms with van der Waals surface area (Å²) in [5.74, 6) is 0.0947. The summed E-state index contributed by atoms with van der Waals surface area (Å²) in [6.45, 7) is 1.74. The molecule has 0 aliphatic heterocycles. The van der Waals surface area contributed by atoms with Gasteiger partial charge in [0.1, 0.15) is 12.4 Å². The van der Waals surface area contributed by atoms with Crippen LogP contribution in [-0.4, -0.2) is 22.7 Å². The van der Waals surface area contributed by atoms with Crippen LogP contribution < -0.4 is 4.74 Å². The monoisotopic (exact) mass is 486 g/mol. The number of hydrogen-bond donors (Lipinski definition) is 0. The molecule has 0 bridgehead atoms. The van der Waals surface area contributed by atoms with Crippen LogP contribution in [-0.2, 0) is 4.79 Å². The van der Waals surface area contributed by atoms with Crippen molar-refractivity contribution in [1.29, 1.82) is 5.26 Å². The number of carbonyl (C=O) groups is 2. The zero-order chi connectivity index (χ0) is 22.7. The predicted octanol–water partition coefficient (Wildman–Crippen LogP) is 5.79. The summed E-state index contributed by atoms with van der Waals surface area (Å²) in [4.78, 5) is 25.2. The van der Waals surface area contributed by atoms with Crippen molar-refractivity contribution in [2.24, 2.45) is 0 Å². The zero-order valence-electron chi connectivity index (χ0n) is 17.3. The lowest BCUT2D eigenvalue weighted by molar-refractivity contribution is -0.120. The van der Waals surface area contributed by atoms with E-state index in [-0.39, 0.29) is 24.6 Å². The molecule has 0 saturated heterocycles. The van der Waals surface area contributed by atoms with Crippen molar-refractivity contribution in [3.8, 4) is 17.5 Å². The van der Waals surface area contributed by atoms with Gasteiger partial charge in [-0.2, -0.15) is 5.26 Å². The largest absolute Gasteiger partial charge is 0.486 e. The van der Waals surface area contributed by atoms with Crippen LogP contribution in [0.4, 0.5) is 0 Å². The zero-order valence-corrected chi connectivity index (χ0v) is 18.9. The molecule has 6 heteroatoms. The van der Waals surface area contributed by atoms with Gasteiger partial charge in [0.05, 0.1) is 23.6 Å². The molecule has 1 aromatic heterocycles. The van der Waals surface area contributed by atoms with Crippen molar-refractivity contribution >= 4 is 38.4 Å². The van der Waals surface area contributed by atoms with Gasteiger partial charge in [0, 0.05) is 26.8 Å². The summed E-state index contributed by atoms with van der Waals surface area (Å²) < 4.78 is 8.62. The van der Waals surface area contributed by atoms with Crippen molar-refractivity contribution in [3.05, 3.63) is 94.1 Å². The first-order chi connectivity index (χ1) is 15.5. The Morgan fingerprint density at radius 3 is 2.44 bits per heavy atom. The van der Waals surface area contributed by atoms with Gasteiger partial charge in [-0.3, -0.25) is 9.59 Å². The molecular weight excluding hydrogens is 468 g/mol. The van der Waals surface area contributed by atoms with E-state index in [2.05, 4.69) is 15.9 Å². The second-order valence-corrected chi connectivity index (χ2v) is 8.22. The van der Waals surface area contributed by atoms with E-state index >= 15 is 0 Å². The summed E-state index contributed by atoms with van der Waals surface area (Å²) in [5, 5.41) is 9.41. The van der Waals surface area contributed by atoms with E-state index in [1.807, 2.05) is 66.1 Å². The first kappa shape index (κ1) is 21.5. The van der Waals surface area contributed by atoms with Gasteiger partial charge >= 0.3 is 0 Å². The number of nitriles is 1. The van der Waals surface area contributed by atoms with Crippen LogP contribution >= 0.6 is 15.9 Å². The molecule has 0 N–H and O–H groups in total. The SMILES string of the molecule is Cc1c(C(=O)c2ccccc2)c2cc(OCC(=O)CC#N)ccc2n1-c1ccc(Br)cc1. The standard InChI is InChI=1S/C26H19BrN2O3/c1-17-25(26(31)18-5-3-2-4-6-18)23-15-22(32-16-21(30)13-14-28)11-12-24(23)29(17)20-9-7-19(27)8-10-20/h2-12,15H,13,16H2,1H3. The number of fused-ring (bicyclic) bond motifs is 1. The lowest BCUT2D eigenvalue weighted by Crippen LogP contribution is -2.10. The molecule has 4 aromatic rings. The quantitative estimate of drug-likeness (QED) is 0.309. The number of carbonyl (C=O) groups excluding carboxylic acids is 2. The van der Waals surface area contributed by atoms with Crippen LogP contribution in [0.25, 0.3) is 16.6 Å². The van der Waals surface area contributed by atoms with Crippen LogP contribution in [0.2, 0.25) is 0 Å². The van der Waals surface area contributed by atoms with E-state index in [4.69, 9.17) is 10.00 Å². The van der Waals surface area contributed by atoms with E-state index in [0.717, 1.165) is 26.8 Å². The molecule has 5 nitrogen and oxygen atoms in total. The van der Waals surface area contributed by atoms with E-state index in [1.165, 1.54) is 0 Å². The van der Waals surface area contributed by atoms with Crippen LogP contribution in [0, 0.1) is 18.3 Å². The highest BCUT2D eigenvalue weighted by molar-refractivity contribution is 9.10. The molecule has 0 aliphatic carbocycles. The van der Waals surface area contributed by atoms with E-state index in [1.54, 1.807) is 24.3 Å². The van der Waals surface area contributed by atoms with E-state index in [0.29, 0.717) is 16.9 Å². The Morgan fingerprint density at radius 2 is 1.75 bits per heavy atom. The summed E-state index contributed by atoms with van der Waals surface area (Å²) in [6.07, 6.45) is -0.195. The first-order valence-corrected chi connectivity index (χ1v) is 10.8. The maximum absolute atomic E-state index is 13.5. The molecule has 158 valence electrons. The Morgan fingerprint density at radius 1 is 1.03 bits per heavy atom. The molecule has 32 heavy (non-hydrogen) atoms. The molecule has 0 radical (unpaired) electrons. The average molecular weight is 487 g/mol. The van der Waals surface area contributed by atoms with E-state index < -0.39 is 0 Å². The number of benzene rings is 3. The smallest absolute Gasteiger partial charge is 0.195 e. The van der Waals surface area contributed by atoms with Gasteiger partial charge in [-0.05, 0) is 49.4 Å². The highest BCUT2D eigenvalue weighted by Crippen LogP contribution is 2.34. The fourth-order valence-corrected chi connectivity index (χ4v) is 4.00. The third-order valence-electron chi connectivity index (χ3n) is 5.20. The minimum atomic E-state index is -0.295. The average Bonchev–Trinajstić information content (AvgIpc) is 3.09. The fourth-order valence-electron chi connectivity index (χ4n) is 3.73. The number of ketones is 2. The third-order valence-corrected chi connectivity index (χ3v) is 5.73. The van der Waals surface area contributed by atoms with Gasteiger partial charge in [0.15, 0.2) is 11.6 Å². The third kappa shape index (κ3) is 4.20. The van der Waals surface area contributed by atoms with Gasteiger partial charge in [0.2, 0.25) is 0 Å². The molecule has 0 saturated carbocycles. The highest BCUT2D eigenvalue weighted by atomic mass is 79.9. The second-order valence-electron chi connectivity index (χ2n) is 7.31. The Labute approximate surface area is 194 Å². The van der Waals surface area contributed by atoms with Crippen molar-refractivity contribution in [1.82, 2.24) is 4.57 Å². The Hall–Kier alpha value is -3.69. The first-order valence-electron chi connectivity index (χ1n) is 10.0. The number of nitrogens with zero attached hydrogens (tertiary/aromatic N) is 2. The molecule has 3 aromatic carbocycles. The maximum Gasteiger partial charge on any atom is 0.195 e. The lowest BCUT2D eigenvalue weighted by atomic mass is 10.0. The normalized spacial score (nSPS) is 10.7. The Kier molecular flexibility index (Phi) is 6.20. The van der Waals surface area contributed by atoms with E-state index in [9.17, 15) is 9.59 Å². The van der Waals surface area contributed by atoms with Crippen molar-refractivity contribution in [3.63, 3.8) is 0 Å². The van der Waals surface area contributed by atoms with Gasteiger partial charge in [-0.1, -0.05) is 46.3 Å². The molecule has 0 aliphatic rings. The molecule has 0 amide bonds. The lowest BCUT2D eigenvalue weighted by Gasteiger charge is -2.09. The number of hydrogen-bond acceptors (Lipinski definition) is 4. The molecule has 0 atom stereocenters. The molecule has 4 rings (SSSR count). The predicted molar refractivity (Wildman–Crippen MR) is 126 cm³/mol. The van der Waals surface area contributed by atoms with Crippen LogP contribution in [0.3, 0.4) is 0 Å². The van der Waals surface area contributed by atoms with Gasteiger partial charge in [-0.25, -0.2) is 0 Å². The molecule has 0 spiro atoms. The van der Waals surface area contributed by atoms with Crippen molar-refractivity contribution < 1.29 is 14.3 Å². The Bertz CT molecular complexity index is 1350. The van der Waals surface area contributed by atoms with Crippen molar-refractivity contribution in [2.45, 2.75) is 13.3 Å². The molecule has 0 unspecified atom stereocenters. The van der Waals surface area contributed by atoms with Gasteiger partial charge in [-0.15, -0.1) is 0 Å². The van der Waals surface area contributed by atoms with Crippen molar-refractivity contribution in [2.75, 3.05) is 6.61 Å². The fraction of sp³-hybridized carbons (Fsp3) is 0.115. The molecule has 0 fully saturated rings. The van der Waals surface area contributed by atoms with Gasteiger partial charge < -0.3 is 9.30 Å². The number of rotatable bonds is 7. The maximum atomic E-state index is 13.5. The topological polar surface area (TPSA) is 72.1 Å². The number of ether oxygens (including phenoxy) is 1. The second kappa shape index (κ2) is 9.21. The summed E-state index contributed by atoms with van der Waals surface area (Å²) in [7, 11) is 0. The minimum Gasteiger partial charge on any atom is -0.486 e. The Balaban J connectivity index is 1.87. The van der Waals surface area contributed by atoms with Crippen LogP contribution in [0.1, 0.15) is 28.0 Å². The minimum absolute atomic E-state index is 0.0818. The highest BCUT2D eigenvalue weighted by Gasteiger charge is 2.22. The van der Waals surface area contributed by atoms with Crippen LogP contribution in [0.15, 0.2) is 77.3 Å². The number of Topliss-reactive ketones (excluding diaryl/α,β-unsaturated/α-hetero) is 1. The summed E-state index contributed by atoms with van der Waals surface area (Å²) >= 11 is 3.47. The number of aromatic nitrogens is 1. The molecular formula is C26H19BrN2O3. The summed E-state index contributed by atoms with van der Waals surface area (Å²) in [5.41, 5.74) is 3.79. The van der Waals surface area contributed by atoms with Crippen LogP contribution in [0.5, 0.6) is 5.75 Å². The van der Waals surface area contributed by atoms with Gasteiger partial charge in [0.25, 0.3) is 0 Å². The number of halogens is 1. The summed E-state index contributed by atoms with van der Waals surface area (Å²) in [6, 6.07) is 24.3. The molecule has 1 heterocycles.